The van der Waals surface area contributed by atoms with Gasteiger partial charge in [-0.2, -0.15) is 8.42 Å². The van der Waals surface area contributed by atoms with Gasteiger partial charge in [-0.15, -0.1) is 0 Å². The van der Waals surface area contributed by atoms with Crippen LogP contribution in [-0.4, -0.2) is 74.4 Å². The average molecular weight is 456 g/mol. The summed E-state index contributed by atoms with van der Waals surface area (Å²) in [5, 5.41) is 22.6. The van der Waals surface area contributed by atoms with E-state index >= 15 is 0 Å². The van der Waals surface area contributed by atoms with E-state index in [-0.39, 0.29) is 37.2 Å². The molecule has 1 amide bonds. The SMILES string of the molecule is CC(=O)NCCCS(=O)(=O)OCC(C)(C)[C@](O)(CCOC(=O)OCC(C)C)C(=O)O. The summed E-state index contributed by atoms with van der Waals surface area (Å²) in [6.07, 6.45) is -1.39. The third-order valence-electron chi connectivity index (χ3n) is 4.24. The lowest BCUT2D eigenvalue weighted by Crippen LogP contribution is -2.54. The normalized spacial score (nSPS) is 14.1. The molecule has 11 nitrogen and oxygen atoms in total. The molecule has 0 aromatic rings. The zero-order chi connectivity index (χ0) is 23.6. The molecule has 0 bridgehead atoms. The van der Waals surface area contributed by atoms with E-state index < -0.39 is 52.9 Å². The maximum Gasteiger partial charge on any atom is 0.508 e. The Morgan fingerprint density at radius 3 is 2.23 bits per heavy atom. The number of hydrogen-bond donors (Lipinski definition) is 3. The topological polar surface area (TPSA) is 166 Å². The van der Waals surface area contributed by atoms with Crippen molar-refractivity contribution in [3.63, 3.8) is 0 Å². The number of amides is 1. The van der Waals surface area contributed by atoms with Gasteiger partial charge in [-0.1, -0.05) is 27.7 Å². The summed E-state index contributed by atoms with van der Waals surface area (Å²) in [4.78, 5) is 33.9. The molecule has 0 aliphatic rings. The first-order valence-electron chi connectivity index (χ1n) is 9.50. The van der Waals surface area contributed by atoms with Gasteiger partial charge in [0.1, 0.15) is 0 Å². The fourth-order valence-corrected chi connectivity index (χ4v) is 3.31. The van der Waals surface area contributed by atoms with Crippen LogP contribution in [0.5, 0.6) is 0 Å². The first-order chi connectivity index (χ1) is 13.6. The van der Waals surface area contributed by atoms with Crippen LogP contribution in [0.1, 0.15) is 47.5 Å². The largest absolute Gasteiger partial charge is 0.508 e. The fraction of sp³-hybridized carbons (Fsp3) is 0.833. The summed E-state index contributed by atoms with van der Waals surface area (Å²) in [6.45, 7) is 6.80. The molecular formula is C18H33NO10S. The molecule has 0 aliphatic heterocycles. The number of carbonyl (C=O) groups excluding carboxylic acids is 2. The lowest BCUT2D eigenvalue weighted by molar-refractivity contribution is -0.178. The number of ether oxygens (including phenoxy) is 2. The van der Waals surface area contributed by atoms with E-state index in [0.717, 1.165) is 0 Å². The molecule has 0 aliphatic carbocycles. The van der Waals surface area contributed by atoms with Crippen molar-refractivity contribution < 1.29 is 46.7 Å². The molecule has 0 aromatic heterocycles. The Hall–Kier alpha value is -1.92. The summed E-state index contributed by atoms with van der Waals surface area (Å²) in [5.74, 6) is -2.21. The average Bonchev–Trinajstić information content (AvgIpc) is 2.61. The molecule has 0 radical (unpaired) electrons. The second kappa shape index (κ2) is 12.1. The number of aliphatic hydroxyl groups is 1. The van der Waals surface area contributed by atoms with Crippen LogP contribution in [0.2, 0.25) is 0 Å². The molecule has 176 valence electrons. The fourth-order valence-electron chi connectivity index (χ4n) is 2.22. The standard InChI is InChI=1S/C18H33NO10S/c1-13(2)11-28-16(23)27-9-7-18(24,15(21)22)17(4,5)12-29-30(25,26)10-6-8-19-14(3)20/h13,24H,6-12H2,1-5H3,(H,19,20)(H,21,22)/t18-/m0/s1. The van der Waals surface area contributed by atoms with Crippen LogP contribution in [0.3, 0.4) is 0 Å². The predicted molar refractivity (Wildman–Crippen MR) is 106 cm³/mol. The second-order valence-electron chi connectivity index (χ2n) is 7.96. The number of carbonyl (C=O) groups is 3. The van der Waals surface area contributed by atoms with Crippen LogP contribution in [0.4, 0.5) is 4.79 Å². The van der Waals surface area contributed by atoms with E-state index in [9.17, 15) is 33.0 Å². The van der Waals surface area contributed by atoms with Gasteiger partial charge in [-0.05, 0) is 12.3 Å². The van der Waals surface area contributed by atoms with Crippen molar-refractivity contribution in [3.8, 4) is 0 Å². The molecule has 0 rings (SSSR count). The summed E-state index contributed by atoms with van der Waals surface area (Å²) in [6, 6.07) is 0. The van der Waals surface area contributed by atoms with Crippen molar-refractivity contribution in [2.45, 2.75) is 53.1 Å². The van der Waals surface area contributed by atoms with Gasteiger partial charge >= 0.3 is 12.1 Å². The molecule has 3 N–H and O–H groups in total. The highest BCUT2D eigenvalue weighted by Gasteiger charge is 2.51. The third kappa shape index (κ3) is 10.2. The number of nitrogens with one attached hydrogen (secondary N) is 1. The Bertz CT molecular complexity index is 689. The molecule has 0 heterocycles. The molecule has 1 atom stereocenters. The summed E-state index contributed by atoms with van der Waals surface area (Å²) in [5.41, 5.74) is -3.98. The zero-order valence-corrected chi connectivity index (χ0v) is 18.9. The van der Waals surface area contributed by atoms with Crippen LogP contribution in [0.25, 0.3) is 0 Å². The van der Waals surface area contributed by atoms with E-state index in [1.54, 1.807) is 0 Å². The van der Waals surface area contributed by atoms with Gasteiger partial charge in [-0.3, -0.25) is 8.98 Å². The molecule has 0 saturated heterocycles. The highest BCUT2D eigenvalue weighted by Crippen LogP contribution is 2.35. The Kier molecular flexibility index (Phi) is 11.3. The first kappa shape index (κ1) is 28.1. The van der Waals surface area contributed by atoms with E-state index in [4.69, 9.17) is 13.7 Å². The third-order valence-corrected chi connectivity index (χ3v) is 5.50. The maximum atomic E-state index is 12.0. The summed E-state index contributed by atoms with van der Waals surface area (Å²) < 4.78 is 38.5. The van der Waals surface area contributed by atoms with Crippen LogP contribution in [-0.2, 0) is 33.4 Å². The monoisotopic (exact) mass is 455 g/mol. The lowest BCUT2D eigenvalue weighted by Gasteiger charge is -2.38. The van der Waals surface area contributed by atoms with Crippen molar-refractivity contribution in [2.75, 3.05) is 32.1 Å². The minimum atomic E-state index is -4.01. The Labute approximate surface area is 177 Å². The minimum Gasteiger partial charge on any atom is -0.479 e. The molecule has 0 fully saturated rings. The van der Waals surface area contributed by atoms with Crippen molar-refractivity contribution in [3.05, 3.63) is 0 Å². The number of hydrogen-bond acceptors (Lipinski definition) is 9. The van der Waals surface area contributed by atoms with Crippen LogP contribution >= 0.6 is 0 Å². The van der Waals surface area contributed by atoms with Gasteiger partial charge in [0, 0.05) is 25.3 Å². The van der Waals surface area contributed by atoms with Crippen LogP contribution in [0, 0.1) is 11.3 Å². The molecule has 0 aromatic carbocycles. The minimum absolute atomic E-state index is 0.0878. The van der Waals surface area contributed by atoms with Crippen molar-refractivity contribution >= 4 is 28.1 Å². The van der Waals surface area contributed by atoms with Gasteiger partial charge in [0.25, 0.3) is 10.1 Å². The Morgan fingerprint density at radius 1 is 1.13 bits per heavy atom. The maximum absolute atomic E-state index is 12.0. The summed E-state index contributed by atoms with van der Waals surface area (Å²) in [7, 11) is -4.01. The number of rotatable bonds is 14. The molecule has 30 heavy (non-hydrogen) atoms. The van der Waals surface area contributed by atoms with Gasteiger partial charge in [-0.25, -0.2) is 9.59 Å². The predicted octanol–water partition coefficient (Wildman–Crippen LogP) is 0.900. The van der Waals surface area contributed by atoms with Crippen molar-refractivity contribution in [2.24, 2.45) is 11.3 Å². The molecule has 0 unspecified atom stereocenters. The van der Waals surface area contributed by atoms with Gasteiger partial charge in [0.05, 0.1) is 25.6 Å². The highest BCUT2D eigenvalue weighted by molar-refractivity contribution is 7.86. The van der Waals surface area contributed by atoms with E-state index in [1.165, 1.54) is 20.8 Å². The molecule has 0 saturated carbocycles. The highest BCUT2D eigenvalue weighted by atomic mass is 32.2. The Morgan fingerprint density at radius 2 is 1.73 bits per heavy atom. The van der Waals surface area contributed by atoms with E-state index in [2.05, 4.69) is 5.32 Å². The van der Waals surface area contributed by atoms with E-state index in [1.807, 2.05) is 13.8 Å². The molecule has 0 spiro atoms. The second-order valence-corrected chi connectivity index (χ2v) is 9.72. The quantitative estimate of drug-likeness (QED) is 0.195. The number of carboxylic acids is 1. The lowest BCUT2D eigenvalue weighted by atomic mass is 9.73. The zero-order valence-electron chi connectivity index (χ0n) is 18.1. The number of aliphatic carboxylic acids is 1. The van der Waals surface area contributed by atoms with Crippen LogP contribution in [0.15, 0.2) is 0 Å². The van der Waals surface area contributed by atoms with Crippen LogP contribution < -0.4 is 5.32 Å². The van der Waals surface area contributed by atoms with Crippen molar-refractivity contribution in [1.82, 2.24) is 5.32 Å². The first-order valence-corrected chi connectivity index (χ1v) is 11.1. The van der Waals surface area contributed by atoms with E-state index in [0.29, 0.717) is 0 Å². The number of carboxylic acid groups (broad SMARTS) is 1. The molecular weight excluding hydrogens is 422 g/mol. The summed E-state index contributed by atoms with van der Waals surface area (Å²) >= 11 is 0. The smallest absolute Gasteiger partial charge is 0.479 e. The van der Waals surface area contributed by atoms with Crippen molar-refractivity contribution in [1.29, 1.82) is 0 Å². The van der Waals surface area contributed by atoms with Gasteiger partial charge < -0.3 is 25.0 Å². The Balaban J connectivity index is 4.83. The van der Waals surface area contributed by atoms with Gasteiger partial charge in [0.2, 0.25) is 5.91 Å². The van der Waals surface area contributed by atoms with Gasteiger partial charge in [0.15, 0.2) is 5.60 Å². The molecule has 12 heteroatoms.